The maximum atomic E-state index is 13.2. The molecule has 0 aliphatic heterocycles. The lowest BCUT2D eigenvalue weighted by molar-refractivity contribution is -0.885. The third-order valence-corrected chi connectivity index (χ3v) is 3.99. The highest BCUT2D eigenvalue weighted by atomic mass is 35.5. The number of halogens is 2. The van der Waals surface area contributed by atoms with Crippen LogP contribution in [-0.4, -0.2) is 29.5 Å². The number of likely N-dealkylation sites (N-methyl/N-ethyl adjacent to an activating group) is 1. The summed E-state index contributed by atoms with van der Waals surface area (Å²) in [5, 5.41) is 3.59. The molecular formula is C18H17ClFN4O2+. The Morgan fingerprint density at radius 1 is 1.31 bits per heavy atom. The fourth-order valence-electron chi connectivity index (χ4n) is 2.64. The quantitative estimate of drug-likeness (QED) is 0.630. The molecule has 1 unspecified atom stereocenters. The van der Waals surface area contributed by atoms with Crippen LogP contribution in [0.1, 0.15) is 5.82 Å². The van der Waals surface area contributed by atoms with E-state index in [0.29, 0.717) is 34.0 Å². The molecule has 26 heavy (non-hydrogen) atoms. The summed E-state index contributed by atoms with van der Waals surface area (Å²) in [4.78, 5) is 32.1. The molecule has 3 aromatic rings. The third kappa shape index (κ3) is 4.44. The average molecular weight is 376 g/mol. The lowest BCUT2D eigenvalue weighted by atomic mass is 10.2. The van der Waals surface area contributed by atoms with Crippen molar-refractivity contribution in [3.8, 4) is 0 Å². The Balaban J connectivity index is 1.67. The van der Waals surface area contributed by atoms with Crippen molar-refractivity contribution >= 4 is 34.1 Å². The summed E-state index contributed by atoms with van der Waals surface area (Å²) in [6.45, 7) is 0.474. The minimum absolute atomic E-state index is 0.133. The SMILES string of the molecule is C[NH+](CC(=O)Nc1cccc(F)c1)Cc1nc2cc(Cl)ccc2c(=O)[nH]1. The second-order valence-electron chi connectivity index (χ2n) is 6.04. The van der Waals surface area contributed by atoms with Crippen LogP contribution in [0, 0.1) is 5.82 Å². The molecule has 2 aromatic carbocycles. The monoisotopic (exact) mass is 375 g/mol. The van der Waals surface area contributed by atoms with Crippen molar-refractivity contribution in [1.29, 1.82) is 0 Å². The summed E-state index contributed by atoms with van der Waals surface area (Å²) < 4.78 is 13.2. The largest absolute Gasteiger partial charge is 0.323 e. The number of anilines is 1. The topological polar surface area (TPSA) is 79.3 Å². The summed E-state index contributed by atoms with van der Waals surface area (Å²) in [6.07, 6.45) is 0. The Labute approximate surface area is 153 Å². The highest BCUT2D eigenvalue weighted by Crippen LogP contribution is 2.14. The molecule has 0 fully saturated rings. The van der Waals surface area contributed by atoms with Crippen molar-refractivity contribution in [1.82, 2.24) is 9.97 Å². The van der Waals surface area contributed by atoms with Crippen LogP contribution in [0.5, 0.6) is 0 Å². The van der Waals surface area contributed by atoms with Gasteiger partial charge in [-0.05, 0) is 36.4 Å². The Kier molecular flexibility index (Phi) is 5.29. The number of H-pyrrole nitrogens is 1. The minimum atomic E-state index is -0.417. The number of aromatic amines is 1. The molecular weight excluding hydrogens is 359 g/mol. The van der Waals surface area contributed by atoms with Gasteiger partial charge in [0.2, 0.25) is 0 Å². The van der Waals surface area contributed by atoms with Crippen molar-refractivity contribution < 1.29 is 14.1 Å². The Hall–Kier alpha value is -2.77. The van der Waals surface area contributed by atoms with Crippen LogP contribution >= 0.6 is 11.6 Å². The first-order valence-electron chi connectivity index (χ1n) is 7.96. The molecule has 6 nitrogen and oxygen atoms in total. The number of hydrogen-bond donors (Lipinski definition) is 3. The number of rotatable bonds is 5. The van der Waals surface area contributed by atoms with Gasteiger partial charge in [-0.25, -0.2) is 9.37 Å². The first kappa shape index (κ1) is 18.0. The molecule has 3 rings (SSSR count). The molecule has 8 heteroatoms. The van der Waals surface area contributed by atoms with Crippen molar-refractivity contribution in [3.63, 3.8) is 0 Å². The smallest absolute Gasteiger partial charge is 0.279 e. The predicted octanol–water partition coefficient (Wildman–Crippen LogP) is 1.37. The number of nitrogens with one attached hydrogen (secondary N) is 3. The summed E-state index contributed by atoms with van der Waals surface area (Å²) in [5.41, 5.74) is 0.654. The van der Waals surface area contributed by atoms with Gasteiger partial charge in [0.25, 0.3) is 11.5 Å². The minimum Gasteiger partial charge on any atom is -0.323 e. The van der Waals surface area contributed by atoms with E-state index < -0.39 is 5.82 Å². The second-order valence-corrected chi connectivity index (χ2v) is 6.48. The zero-order chi connectivity index (χ0) is 18.7. The molecule has 0 aliphatic rings. The van der Waals surface area contributed by atoms with E-state index in [9.17, 15) is 14.0 Å². The molecule has 1 atom stereocenters. The lowest BCUT2D eigenvalue weighted by Crippen LogP contribution is -3.08. The Bertz CT molecular complexity index is 1020. The second kappa shape index (κ2) is 7.63. The predicted molar refractivity (Wildman–Crippen MR) is 97.9 cm³/mol. The van der Waals surface area contributed by atoms with Gasteiger partial charge in [-0.2, -0.15) is 0 Å². The number of nitrogens with zero attached hydrogens (tertiary/aromatic N) is 1. The van der Waals surface area contributed by atoms with E-state index in [-0.39, 0.29) is 18.0 Å². The fraction of sp³-hybridized carbons (Fsp3) is 0.167. The highest BCUT2D eigenvalue weighted by Gasteiger charge is 2.13. The maximum absolute atomic E-state index is 13.2. The van der Waals surface area contributed by atoms with Crippen LogP contribution in [0.15, 0.2) is 47.3 Å². The van der Waals surface area contributed by atoms with Crippen LogP contribution in [0.3, 0.4) is 0 Å². The number of amides is 1. The van der Waals surface area contributed by atoms with Gasteiger partial charge in [-0.15, -0.1) is 0 Å². The molecule has 1 heterocycles. The number of aromatic nitrogens is 2. The van der Waals surface area contributed by atoms with E-state index in [1.165, 1.54) is 18.2 Å². The number of fused-ring (bicyclic) bond motifs is 1. The summed E-state index contributed by atoms with van der Waals surface area (Å²) in [5.74, 6) is -0.222. The molecule has 1 amide bonds. The Morgan fingerprint density at radius 2 is 2.12 bits per heavy atom. The fourth-order valence-corrected chi connectivity index (χ4v) is 2.80. The van der Waals surface area contributed by atoms with E-state index in [1.807, 2.05) is 0 Å². The van der Waals surface area contributed by atoms with Gasteiger partial charge in [0.15, 0.2) is 12.4 Å². The standard InChI is InChI=1S/C18H16ClFN4O2/c1-24(10-17(25)21-13-4-2-3-12(20)8-13)9-16-22-15-7-11(19)5-6-14(15)18(26)23-16/h2-8H,9-10H2,1H3,(H,21,25)(H,22,23,26)/p+1. The highest BCUT2D eigenvalue weighted by molar-refractivity contribution is 6.31. The zero-order valence-electron chi connectivity index (χ0n) is 14.0. The molecule has 0 radical (unpaired) electrons. The van der Waals surface area contributed by atoms with Crippen LogP contribution in [-0.2, 0) is 11.3 Å². The van der Waals surface area contributed by atoms with E-state index >= 15 is 0 Å². The lowest BCUT2D eigenvalue weighted by Gasteiger charge is -2.13. The first-order chi connectivity index (χ1) is 12.4. The van der Waals surface area contributed by atoms with Crippen LogP contribution in [0.2, 0.25) is 5.02 Å². The van der Waals surface area contributed by atoms with Crippen LogP contribution in [0.25, 0.3) is 10.9 Å². The molecule has 3 N–H and O–H groups in total. The van der Waals surface area contributed by atoms with E-state index in [4.69, 9.17) is 11.6 Å². The molecule has 0 spiro atoms. The normalized spacial score (nSPS) is 12.1. The molecule has 0 bridgehead atoms. The molecule has 0 aliphatic carbocycles. The van der Waals surface area contributed by atoms with Gasteiger partial charge >= 0.3 is 0 Å². The summed E-state index contributed by atoms with van der Waals surface area (Å²) in [6, 6.07) is 10.6. The van der Waals surface area contributed by atoms with Crippen LogP contribution < -0.4 is 15.8 Å². The van der Waals surface area contributed by atoms with Crippen molar-refractivity contribution in [2.24, 2.45) is 0 Å². The summed E-state index contributed by atoms with van der Waals surface area (Å²) in [7, 11) is 1.80. The molecule has 1 aromatic heterocycles. The third-order valence-electron chi connectivity index (χ3n) is 3.76. The van der Waals surface area contributed by atoms with Gasteiger partial charge in [-0.1, -0.05) is 17.7 Å². The zero-order valence-corrected chi connectivity index (χ0v) is 14.7. The number of hydrogen-bond acceptors (Lipinski definition) is 3. The van der Waals surface area contributed by atoms with Gasteiger partial charge in [0.05, 0.1) is 18.0 Å². The maximum Gasteiger partial charge on any atom is 0.279 e. The van der Waals surface area contributed by atoms with Crippen molar-refractivity contribution in [2.75, 3.05) is 18.9 Å². The summed E-state index contributed by atoms with van der Waals surface area (Å²) >= 11 is 5.95. The van der Waals surface area contributed by atoms with Crippen molar-refractivity contribution in [2.45, 2.75) is 6.54 Å². The average Bonchev–Trinajstić information content (AvgIpc) is 2.53. The first-order valence-corrected chi connectivity index (χ1v) is 8.34. The van der Waals surface area contributed by atoms with Crippen LogP contribution in [0.4, 0.5) is 10.1 Å². The number of benzene rings is 2. The van der Waals surface area contributed by atoms with E-state index in [0.717, 1.165) is 4.90 Å². The van der Waals surface area contributed by atoms with E-state index in [1.54, 1.807) is 31.3 Å². The van der Waals surface area contributed by atoms with Crippen molar-refractivity contribution in [3.05, 3.63) is 69.5 Å². The van der Waals surface area contributed by atoms with E-state index in [2.05, 4.69) is 15.3 Å². The van der Waals surface area contributed by atoms with Gasteiger partial charge in [0.1, 0.15) is 12.4 Å². The van der Waals surface area contributed by atoms with Gasteiger partial charge in [0, 0.05) is 10.7 Å². The number of carbonyl (C=O) groups is 1. The number of quaternary nitrogens is 1. The van der Waals surface area contributed by atoms with Gasteiger partial charge < -0.3 is 15.2 Å². The van der Waals surface area contributed by atoms with Gasteiger partial charge in [-0.3, -0.25) is 9.59 Å². The molecule has 0 saturated carbocycles. The number of carbonyl (C=O) groups excluding carboxylic acids is 1. The molecule has 0 saturated heterocycles. The molecule has 134 valence electrons. The Morgan fingerprint density at radius 3 is 2.88 bits per heavy atom.